The Balaban J connectivity index is 0.000000944. The topological polar surface area (TPSA) is 60.8 Å². The lowest BCUT2D eigenvalue weighted by Crippen LogP contribution is -2.27. The van der Waals surface area contributed by atoms with Gasteiger partial charge in [-0.15, -0.1) is 0 Å². The van der Waals surface area contributed by atoms with E-state index in [1.165, 1.54) is 18.7 Å². The molecule has 2 aromatic carbocycles. The molecule has 1 aliphatic rings. The van der Waals surface area contributed by atoms with Crippen molar-refractivity contribution in [3.63, 3.8) is 0 Å². The van der Waals surface area contributed by atoms with Gasteiger partial charge in [0.15, 0.2) is 0 Å². The van der Waals surface area contributed by atoms with E-state index in [0.717, 1.165) is 16.8 Å². The third kappa shape index (κ3) is 6.44. The van der Waals surface area contributed by atoms with E-state index in [2.05, 4.69) is 20.4 Å². The van der Waals surface area contributed by atoms with Crippen molar-refractivity contribution in [3.8, 4) is 0 Å². The minimum Gasteiger partial charge on any atom is -0.478 e. The fourth-order valence-corrected chi connectivity index (χ4v) is 3.42. The summed E-state index contributed by atoms with van der Waals surface area (Å²) in [6, 6.07) is 8.62. The van der Waals surface area contributed by atoms with Crippen molar-refractivity contribution in [1.82, 2.24) is 0 Å². The summed E-state index contributed by atoms with van der Waals surface area (Å²) in [6.07, 6.45) is 3.06. The number of aliphatic hydroxyl groups excluding tert-OH is 1. The highest BCUT2D eigenvalue weighted by Gasteiger charge is 2.26. The van der Waals surface area contributed by atoms with Crippen LogP contribution in [0.3, 0.4) is 0 Å². The van der Waals surface area contributed by atoms with Crippen LogP contribution in [0.1, 0.15) is 56.4 Å². The van der Waals surface area contributed by atoms with Crippen molar-refractivity contribution in [1.29, 1.82) is 0 Å². The highest BCUT2D eigenvalue weighted by atomic mass is 35.5. The number of aryl methyl sites for hydroxylation is 1. The molecule has 2 aromatic rings. The predicted octanol–water partition coefficient (Wildman–Crippen LogP) is 6.61. The molecule has 0 saturated carbocycles. The van der Waals surface area contributed by atoms with Gasteiger partial charge in [0.25, 0.3) is 0 Å². The van der Waals surface area contributed by atoms with Crippen molar-refractivity contribution < 1.29 is 19.4 Å². The lowest BCUT2D eigenvalue weighted by molar-refractivity contribution is -0.132. The number of benzene rings is 2. The second-order valence-corrected chi connectivity index (χ2v) is 7.54. The summed E-state index contributed by atoms with van der Waals surface area (Å²) in [7, 11) is 0. The van der Waals surface area contributed by atoms with E-state index < -0.39 is 11.8 Å². The summed E-state index contributed by atoms with van der Waals surface area (Å²) >= 11 is 5.87. The standard InChI is InChI=1S/C21H19ClFNO3.C3H8.C2H6/c1-12-8-19-16(13(2)17(21(26)27)11-24(19)6-7-25)10-15(12)9-14-4-3-5-18(22)20(14)23;1-3-2;1-2/h3-5,8,10-11,25H,2,6-7,9H2,1H3,(H,26,27);3H2,1-2H3;1-2H3. The molecular formula is C26H33ClFNO3. The Morgan fingerprint density at radius 1 is 1.19 bits per heavy atom. The number of aliphatic hydroxyl groups is 1. The molecule has 174 valence electrons. The summed E-state index contributed by atoms with van der Waals surface area (Å²) in [5.74, 6) is -1.54. The molecule has 32 heavy (non-hydrogen) atoms. The minimum absolute atomic E-state index is 0.0674. The number of carboxylic acid groups (broad SMARTS) is 1. The van der Waals surface area contributed by atoms with Crippen LogP contribution in [-0.4, -0.2) is 29.3 Å². The van der Waals surface area contributed by atoms with E-state index in [1.807, 2.05) is 32.9 Å². The van der Waals surface area contributed by atoms with Crippen LogP contribution in [0.5, 0.6) is 0 Å². The maximum absolute atomic E-state index is 14.3. The van der Waals surface area contributed by atoms with Crippen molar-refractivity contribution >= 4 is 28.8 Å². The maximum Gasteiger partial charge on any atom is 0.337 e. The summed E-state index contributed by atoms with van der Waals surface area (Å²) in [5, 5.41) is 18.8. The molecular weight excluding hydrogens is 429 g/mol. The quantitative estimate of drug-likeness (QED) is 0.525. The number of aliphatic carboxylic acids is 1. The number of halogens is 2. The number of carbonyl (C=O) groups is 1. The molecule has 0 spiro atoms. The van der Waals surface area contributed by atoms with Gasteiger partial charge < -0.3 is 15.1 Å². The second kappa shape index (κ2) is 13.0. The predicted molar refractivity (Wildman–Crippen MR) is 132 cm³/mol. The molecule has 0 aliphatic carbocycles. The van der Waals surface area contributed by atoms with Crippen LogP contribution in [0, 0.1) is 12.7 Å². The fourth-order valence-electron chi connectivity index (χ4n) is 3.22. The molecule has 6 heteroatoms. The first-order valence-corrected chi connectivity index (χ1v) is 11.2. The van der Waals surface area contributed by atoms with Gasteiger partial charge in [0.2, 0.25) is 0 Å². The van der Waals surface area contributed by atoms with E-state index >= 15 is 0 Å². The van der Waals surface area contributed by atoms with E-state index in [4.69, 9.17) is 11.6 Å². The Bertz CT molecular complexity index is 985. The van der Waals surface area contributed by atoms with Gasteiger partial charge in [0.1, 0.15) is 5.82 Å². The van der Waals surface area contributed by atoms with Crippen LogP contribution in [0.4, 0.5) is 10.1 Å². The van der Waals surface area contributed by atoms with E-state index in [-0.39, 0.29) is 23.7 Å². The van der Waals surface area contributed by atoms with Crippen LogP contribution in [0.2, 0.25) is 5.02 Å². The lowest BCUT2D eigenvalue weighted by atomic mass is 9.89. The van der Waals surface area contributed by atoms with Crippen molar-refractivity contribution in [2.45, 2.75) is 47.5 Å². The average Bonchev–Trinajstić information content (AvgIpc) is 2.76. The highest BCUT2D eigenvalue weighted by Crippen LogP contribution is 2.38. The summed E-state index contributed by atoms with van der Waals surface area (Å²) in [4.78, 5) is 13.3. The zero-order valence-corrected chi connectivity index (χ0v) is 20.3. The summed E-state index contributed by atoms with van der Waals surface area (Å²) in [6.45, 7) is 14.2. The molecule has 4 nitrogen and oxygen atoms in total. The number of β-amino-alcohol motifs (C(OH)–C–C–N with tert-alkyl or cyclic N) is 1. The second-order valence-electron chi connectivity index (χ2n) is 7.14. The molecule has 0 fully saturated rings. The number of anilines is 1. The van der Waals surface area contributed by atoms with Gasteiger partial charge in [-0.3, -0.25) is 0 Å². The number of hydrogen-bond donors (Lipinski definition) is 2. The third-order valence-electron chi connectivity index (χ3n) is 4.68. The monoisotopic (exact) mass is 461 g/mol. The third-order valence-corrected chi connectivity index (χ3v) is 4.97. The molecule has 0 radical (unpaired) electrons. The Morgan fingerprint density at radius 3 is 2.38 bits per heavy atom. The maximum atomic E-state index is 14.3. The zero-order valence-electron chi connectivity index (χ0n) is 19.5. The SMILES string of the molecule is C=C1C(C(=O)O)=CN(CCO)c2cc(C)c(Cc3cccc(Cl)c3F)cc21.CC.CCC. The summed E-state index contributed by atoms with van der Waals surface area (Å²) < 4.78 is 14.3. The highest BCUT2D eigenvalue weighted by molar-refractivity contribution is 6.30. The molecule has 3 rings (SSSR count). The number of hydrogen-bond acceptors (Lipinski definition) is 3. The van der Waals surface area contributed by atoms with Crippen LogP contribution in [0.15, 0.2) is 48.7 Å². The zero-order chi connectivity index (χ0) is 24.4. The van der Waals surface area contributed by atoms with E-state index in [9.17, 15) is 19.4 Å². The molecule has 0 bridgehead atoms. The number of fused-ring (bicyclic) bond motifs is 1. The Kier molecular flexibility index (Phi) is 11.2. The normalized spacial score (nSPS) is 12.1. The van der Waals surface area contributed by atoms with Crippen LogP contribution < -0.4 is 4.90 Å². The number of rotatable bonds is 5. The van der Waals surface area contributed by atoms with Gasteiger partial charge >= 0.3 is 5.97 Å². The van der Waals surface area contributed by atoms with Crippen molar-refractivity contribution in [2.75, 3.05) is 18.1 Å². The largest absolute Gasteiger partial charge is 0.478 e. The molecule has 0 amide bonds. The smallest absolute Gasteiger partial charge is 0.337 e. The van der Waals surface area contributed by atoms with Gasteiger partial charge in [-0.05, 0) is 47.4 Å². The molecule has 1 aliphatic heterocycles. The van der Waals surface area contributed by atoms with Gasteiger partial charge in [0, 0.05) is 30.4 Å². The lowest BCUT2D eigenvalue weighted by Gasteiger charge is -2.30. The van der Waals surface area contributed by atoms with Crippen LogP contribution in [-0.2, 0) is 11.2 Å². The van der Waals surface area contributed by atoms with Crippen LogP contribution in [0.25, 0.3) is 5.57 Å². The van der Waals surface area contributed by atoms with Crippen LogP contribution >= 0.6 is 11.6 Å². The van der Waals surface area contributed by atoms with E-state index in [1.54, 1.807) is 17.0 Å². The number of carboxylic acids is 1. The van der Waals surface area contributed by atoms with Gasteiger partial charge in [-0.1, -0.05) is 64.4 Å². The first-order valence-electron chi connectivity index (χ1n) is 10.8. The number of nitrogens with zero attached hydrogens (tertiary/aromatic N) is 1. The minimum atomic E-state index is -1.09. The molecule has 1 heterocycles. The van der Waals surface area contributed by atoms with E-state index in [0.29, 0.717) is 23.1 Å². The molecule has 0 aromatic heterocycles. The average molecular weight is 462 g/mol. The van der Waals surface area contributed by atoms with Gasteiger partial charge in [0.05, 0.1) is 17.2 Å². The fraction of sp³-hybridized carbons (Fsp3) is 0.346. The molecule has 0 saturated heterocycles. The molecule has 2 N–H and O–H groups in total. The molecule has 0 unspecified atom stereocenters. The van der Waals surface area contributed by atoms with Gasteiger partial charge in [-0.2, -0.15) is 0 Å². The van der Waals surface area contributed by atoms with Gasteiger partial charge in [-0.25, -0.2) is 9.18 Å². The summed E-state index contributed by atoms with van der Waals surface area (Å²) in [5.41, 5.74) is 4.13. The Morgan fingerprint density at radius 2 is 1.81 bits per heavy atom. The van der Waals surface area contributed by atoms with Crippen molar-refractivity contribution in [2.24, 2.45) is 0 Å². The first kappa shape index (κ1) is 27.4. The Labute approximate surface area is 195 Å². The Hall–Kier alpha value is -2.63. The molecule has 0 atom stereocenters. The van der Waals surface area contributed by atoms with Crippen molar-refractivity contribution in [3.05, 3.63) is 81.8 Å². The first-order chi connectivity index (χ1) is 15.2.